The molecule has 19 heteroatoms. The number of aliphatic imine (C=N–C) groups is 1. The maximum Gasteiger partial charge on any atom is 1.00 e. The van der Waals surface area contributed by atoms with Crippen LogP contribution < -0.4 is 51.2 Å². The number of ether oxygens (including phenoxy) is 6. The second-order valence-corrected chi connectivity index (χ2v) is 8.43. The minimum atomic E-state index is -1.63. The van der Waals surface area contributed by atoms with Gasteiger partial charge < -0.3 is 44.1 Å². The number of rotatable bonds is 13. The number of hydrogen-bond acceptors (Lipinski definition) is 16. The van der Waals surface area contributed by atoms with E-state index in [0.717, 1.165) is 27.7 Å². The molecule has 0 aromatic heterocycles. The quantitative estimate of drug-likeness (QED) is 0.0333. The van der Waals surface area contributed by atoms with Crippen LogP contribution in [0.2, 0.25) is 0 Å². The molecule has 1 rings (SSSR count). The maximum atomic E-state index is 12.0. The van der Waals surface area contributed by atoms with Crippen LogP contribution in [0, 0.1) is 0 Å². The molecule has 1 saturated heterocycles. The fraction of sp³-hybridized carbons (Fsp3) is 0.696. The van der Waals surface area contributed by atoms with Gasteiger partial charge in [-0.25, -0.2) is 15.1 Å². The van der Waals surface area contributed by atoms with Crippen molar-refractivity contribution in [1.29, 1.82) is 0 Å². The zero-order valence-electron chi connectivity index (χ0n) is 24.2. The molecule has 0 aliphatic carbocycles. The van der Waals surface area contributed by atoms with Gasteiger partial charge in [-0.05, 0) is 19.8 Å². The topological polar surface area (TPSA) is 253 Å². The van der Waals surface area contributed by atoms with Gasteiger partial charge in [0.1, 0.15) is 12.7 Å². The van der Waals surface area contributed by atoms with E-state index in [-0.39, 0.29) is 61.5 Å². The minimum Gasteiger partial charge on any atom is -0.548 e. The monoisotopic (exact) mass is 614 g/mol. The summed E-state index contributed by atoms with van der Waals surface area (Å²) in [4.78, 5) is 79.5. The summed E-state index contributed by atoms with van der Waals surface area (Å²) in [6, 6.07) is -1.23. The number of esters is 4. The first-order valence-corrected chi connectivity index (χ1v) is 12.4. The molecule has 0 aromatic carbocycles. The number of nitrogens with one attached hydrogen (secondary N) is 2. The Kier molecular flexibility index (Phi) is 18.5. The van der Waals surface area contributed by atoms with Crippen LogP contribution in [-0.2, 0) is 57.2 Å². The molecular formula is C23H35N4NaO14. The number of hydroxylamine groups is 1. The maximum absolute atomic E-state index is 12.0. The molecule has 232 valence electrons. The molecule has 0 bridgehead atoms. The summed E-state index contributed by atoms with van der Waals surface area (Å²) in [5, 5.41) is 13.1. The summed E-state index contributed by atoms with van der Waals surface area (Å²) in [6.07, 6.45) is -8.11. The molecule has 6 atom stereocenters. The van der Waals surface area contributed by atoms with Crippen LogP contribution in [-0.4, -0.2) is 98.4 Å². The number of guanidine groups is 1. The molecule has 0 aromatic rings. The Morgan fingerprint density at radius 2 is 1.48 bits per heavy atom. The van der Waals surface area contributed by atoms with Crippen LogP contribution in [0.4, 0.5) is 4.79 Å². The second kappa shape index (κ2) is 20.0. The Morgan fingerprint density at radius 1 is 0.905 bits per heavy atom. The molecule has 4 N–H and O–H groups in total. The fourth-order valence-corrected chi connectivity index (χ4v) is 3.38. The van der Waals surface area contributed by atoms with E-state index in [1.54, 1.807) is 6.92 Å². The van der Waals surface area contributed by atoms with E-state index in [1.165, 1.54) is 0 Å². The first-order chi connectivity index (χ1) is 19.2. The number of carboxylic acid groups (broad SMARTS) is 1. The van der Waals surface area contributed by atoms with Crippen molar-refractivity contribution in [2.75, 3.05) is 19.8 Å². The average Bonchev–Trinajstić information content (AvgIpc) is 2.85. The predicted octanol–water partition coefficient (Wildman–Crippen LogP) is -5.45. The third kappa shape index (κ3) is 14.7. The van der Waals surface area contributed by atoms with Crippen molar-refractivity contribution < 1.29 is 96.7 Å². The Balaban J connectivity index is 0.0000168. The molecule has 0 spiro atoms. The van der Waals surface area contributed by atoms with Crippen molar-refractivity contribution in [2.45, 2.75) is 84.2 Å². The number of hydrogen-bond donors (Lipinski definition) is 3. The van der Waals surface area contributed by atoms with Crippen molar-refractivity contribution in [3.63, 3.8) is 0 Å². The van der Waals surface area contributed by atoms with Gasteiger partial charge in [-0.1, -0.05) is 0 Å². The van der Waals surface area contributed by atoms with Gasteiger partial charge in [-0.15, -0.1) is 0 Å². The van der Waals surface area contributed by atoms with E-state index >= 15 is 0 Å². The summed E-state index contributed by atoms with van der Waals surface area (Å²) >= 11 is 0. The summed E-state index contributed by atoms with van der Waals surface area (Å²) in [6.45, 7) is 5.33. The van der Waals surface area contributed by atoms with Gasteiger partial charge in [-0.2, -0.15) is 0 Å². The molecule has 1 heterocycles. The van der Waals surface area contributed by atoms with Gasteiger partial charge in [0, 0.05) is 40.3 Å². The molecule has 2 unspecified atom stereocenters. The van der Waals surface area contributed by atoms with Crippen LogP contribution in [0.25, 0.3) is 0 Å². The number of carbonyl (C=O) groups excluding carboxylic acids is 6. The van der Waals surface area contributed by atoms with Crippen LogP contribution in [0.3, 0.4) is 0 Å². The second-order valence-electron chi connectivity index (χ2n) is 8.43. The van der Waals surface area contributed by atoms with E-state index in [9.17, 15) is 33.9 Å². The Labute approximate surface area is 263 Å². The van der Waals surface area contributed by atoms with Crippen LogP contribution in [0.15, 0.2) is 4.99 Å². The summed E-state index contributed by atoms with van der Waals surface area (Å²) in [5.41, 5.74) is 7.73. The van der Waals surface area contributed by atoms with Crippen LogP contribution in [0.5, 0.6) is 0 Å². The number of amides is 1. The molecular weight excluding hydrogens is 579 g/mol. The number of carboxylic acids is 1. The molecule has 0 saturated carbocycles. The summed E-state index contributed by atoms with van der Waals surface area (Å²) in [5.74, 6) is -4.99. The molecule has 1 aliphatic heterocycles. The predicted molar refractivity (Wildman–Crippen MR) is 131 cm³/mol. The van der Waals surface area contributed by atoms with Gasteiger partial charge in [0.25, 0.3) is 0 Å². The normalized spacial score (nSPS) is 22.3. The Morgan fingerprint density at radius 3 is 2.00 bits per heavy atom. The molecule has 1 aliphatic rings. The first-order valence-electron chi connectivity index (χ1n) is 12.4. The summed E-state index contributed by atoms with van der Waals surface area (Å²) < 4.78 is 31.4. The van der Waals surface area contributed by atoms with Gasteiger partial charge in [0.05, 0.1) is 12.6 Å². The number of carbonyl (C=O) groups is 6. The average molecular weight is 615 g/mol. The SMILES string of the molecule is CCOC(=O)NC(=NCCC[C@H](N)C(=O)[O-])NO[C@@H]1OC(COC(C)=O)[C@H](OC(C)=O)[C@H](OC(C)=O)C1OC(C)=O.[Na+]. The van der Waals surface area contributed by atoms with E-state index in [2.05, 4.69) is 15.8 Å². The van der Waals surface area contributed by atoms with E-state index < -0.39 is 79.3 Å². The number of alkyl carbamates (subject to hydrolysis) is 1. The molecule has 1 amide bonds. The summed E-state index contributed by atoms with van der Waals surface area (Å²) in [7, 11) is 0. The standard InChI is InChI=1S/C23H36N4O14.Na/c1-6-35-23(34)26-22(25-9-7-8-15(24)20(32)33)27-41-21-19(39-14(5)31)18(38-13(4)30)17(37-12(3)29)16(40-21)10-36-11(2)28;/h15-19,21H,6-10,24H2,1-5H3,(H,32,33)(H2,25,26,27,34);/q;+1/p-1/t15-,16?,17-,18-,19?,21-;/m0./s1. The van der Waals surface area contributed by atoms with Crippen molar-refractivity contribution in [1.82, 2.24) is 10.8 Å². The van der Waals surface area contributed by atoms with E-state index in [4.69, 9.17) is 39.0 Å². The smallest absolute Gasteiger partial charge is 0.548 e. The Hall–Kier alpha value is -3.03. The third-order valence-corrected chi connectivity index (χ3v) is 4.96. The molecule has 18 nitrogen and oxygen atoms in total. The Bertz CT molecular complexity index is 981. The van der Waals surface area contributed by atoms with Crippen LogP contribution in [0.1, 0.15) is 47.5 Å². The van der Waals surface area contributed by atoms with Gasteiger partial charge in [0.15, 0.2) is 18.3 Å². The zero-order valence-corrected chi connectivity index (χ0v) is 26.2. The van der Waals surface area contributed by atoms with E-state index in [1.807, 2.05) is 0 Å². The molecule has 42 heavy (non-hydrogen) atoms. The third-order valence-electron chi connectivity index (χ3n) is 4.96. The van der Waals surface area contributed by atoms with Crippen molar-refractivity contribution in [2.24, 2.45) is 10.7 Å². The first kappa shape index (κ1) is 39.0. The number of aliphatic carboxylic acids is 1. The number of nitrogens with zero attached hydrogens (tertiary/aromatic N) is 1. The van der Waals surface area contributed by atoms with Crippen molar-refractivity contribution in [3.05, 3.63) is 0 Å². The molecule has 1 fully saturated rings. The largest absolute Gasteiger partial charge is 1.00 e. The van der Waals surface area contributed by atoms with Crippen molar-refractivity contribution in [3.8, 4) is 0 Å². The van der Waals surface area contributed by atoms with Gasteiger partial charge in [0.2, 0.25) is 12.2 Å². The van der Waals surface area contributed by atoms with Gasteiger partial charge >= 0.3 is 59.5 Å². The van der Waals surface area contributed by atoms with Gasteiger partial charge in [-0.3, -0.25) is 29.5 Å². The van der Waals surface area contributed by atoms with E-state index in [0.29, 0.717) is 0 Å². The van der Waals surface area contributed by atoms with Crippen LogP contribution >= 0.6 is 0 Å². The zero-order chi connectivity index (χ0) is 31.1. The molecule has 0 radical (unpaired) electrons. The van der Waals surface area contributed by atoms with Crippen molar-refractivity contribution >= 4 is 41.9 Å². The minimum absolute atomic E-state index is 0. The number of nitrogens with two attached hydrogens (primary N) is 1. The fourth-order valence-electron chi connectivity index (χ4n) is 3.38.